The number of rotatable bonds is 6. The van der Waals surface area contributed by atoms with Gasteiger partial charge in [-0.2, -0.15) is 0 Å². The minimum absolute atomic E-state index is 0.157. The second kappa shape index (κ2) is 7.13. The summed E-state index contributed by atoms with van der Waals surface area (Å²) in [5, 5.41) is 3.12. The average Bonchev–Trinajstić information content (AvgIpc) is 2.74. The minimum atomic E-state index is -0.422. The molecule has 1 saturated heterocycles. The number of terminal acetylenes is 1. The van der Waals surface area contributed by atoms with Gasteiger partial charge in [-0.1, -0.05) is 24.1 Å². The molecule has 2 amide bonds. The van der Waals surface area contributed by atoms with Crippen LogP contribution in [0.1, 0.15) is 6.42 Å². The molecule has 0 radical (unpaired) electrons. The molecule has 1 atom stereocenters. The van der Waals surface area contributed by atoms with Crippen molar-refractivity contribution in [3.05, 3.63) is 30.3 Å². The van der Waals surface area contributed by atoms with Gasteiger partial charge in [0.05, 0.1) is 23.9 Å². The van der Waals surface area contributed by atoms with E-state index in [0.29, 0.717) is 18.0 Å². The van der Waals surface area contributed by atoms with Gasteiger partial charge in [0.2, 0.25) is 5.91 Å². The van der Waals surface area contributed by atoms with E-state index in [-0.39, 0.29) is 18.2 Å². The van der Waals surface area contributed by atoms with Crippen LogP contribution in [-0.4, -0.2) is 35.9 Å². The molecule has 0 spiro atoms. The maximum atomic E-state index is 12.2. The van der Waals surface area contributed by atoms with Gasteiger partial charge in [0.25, 0.3) is 5.91 Å². The molecule has 0 aliphatic carbocycles. The Morgan fingerprint density at radius 1 is 1.35 bits per heavy atom. The monoisotopic (exact) mass is 288 g/mol. The number of nitrogens with zero attached hydrogens (tertiary/aromatic N) is 1. The van der Waals surface area contributed by atoms with Gasteiger partial charge in [0.1, 0.15) is 0 Å². The van der Waals surface area contributed by atoms with Gasteiger partial charge in [0, 0.05) is 12.3 Å². The Balaban J connectivity index is 1.91. The van der Waals surface area contributed by atoms with Crippen molar-refractivity contribution in [2.45, 2.75) is 12.5 Å². The Kier molecular flexibility index (Phi) is 5.22. The summed E-state index contributed by atoms with van der Waals surface area (Å²) in [6.07, 6.45) is 5.37. The molecule has 1 aromatic carbocycles. The van der Waals surface area contributed by atoms with Crippen molar-refractivity contribution in [2.24, 2.45) is 0 Å². The van der Waals surface area contributed by atoms with Gasteiger partial charge < -0.3 is 5.32 Å². The second-order valence-corrected chi connectivity index (χ2v) is 5.48. The molecule has 4 nitrogen and oxygen atoms in total. The Bertz CT molecular complexity index is 524. The average molecular weight is 288 g/mol. The number of hydrogen-bond donors (Lipinski definition) is 1. The van der Waals surface area contributed by atoms with E-state index in [4.69, 9.17) is 6.42 Å². The van der Waals surface area contributed by atoms with Crippen molar-refractivity contribution < 1.29 is 9.59 Å². The summed E-state index contributed by atoms with van der Waals surface area (Å²) in [6, 6.07) is 8.59. The predicted octanol–water partition coefficient (Wildman–Crippen LogP) is 1.27. The molecule has 1 N–H and O–H groups in total. The highest BCUT2D eigenvalue weighted by atomic mass is 32.2. The van der Waals surface area contributed by atoms with Crippen molar-refractivity contribution in [3.8, 4) is 12.3 Å². The molecule has 1 aliphatic heterocycles. The minimum Gasteiger partial charge on any atom is -0.305 e. The van der Waals surface area contributed by atoms with E-state index in [0.717, 1.165) is 5.75 Å². The van der Waals surface area contributed by atoms with Crippen LogP contribution in [0.15, 0.2) is 30.3 Å². The van der Waals surface area contributed by atoms with E-state index in [2.05, 4.69) is 11.2 Å². The molecule has 1 fully saturated rings. The molecule has 104 valence electrons. The number of hydrogen-bond acceptors (Lipinski definition) is 4. The Hall–Kier alpha value is -1.77. The molecule has 0 aromatic heterocycles. The first-order valence-electron chi connectivity index (χ1n) is 6.40. The molecule has 1 aromatic rings. The maximum absolute atomic E-state index is 12.2. The second-order valence-electron chi connectivity index (χ2n) is 4.37. The third-order valence-corrected chi connectivity index (χ3v) is 3.85. The van der Waals surface area contributed by atoms with Crippen LogP contribution in [0.5, 0.6) is 0 Å². The van der Waals surface area contributed by atoms with Crippen molar-refractivity contribution >= 4 is 29.3 Å². The number of amides is 2. The predicted molar refractivity (Wildman–Crippen MR) is 81.5 cm³/mol. The molecule has 5 heteroatoms. The molecule has 20 heavy (non-hydrogen) atoms. The summed E-state index contributed by atoms with van der Waals surface area (Å²) in [6.45, 7) is 0.665. The summed E-state index contributed by atoms with van der Waals surface area (Å²) >= 11 is 1.63. The lowest BCUT2D eigenvalue weighted by Gasteiger charge is -2.15. The topological polar surface area (TPSA) is 49.4 Å². The molecular weight excluding hydrogens is 272 g/mol. The van der Waals surface area contributed by atoms with Gasteiger partial charge in [0.15, 0.2) is 0 Å². The van der Waals surface area contributed by atoms with Gasteiger partial charge in [-0.3, -0.25) is 9.59 Å². The van der Waals surface area contributed by atoms with Gasteiger partial charge >= 0.3 is 0 Å². The highest BCUT2D eigenvalue weighted by Gasteiger charge is 2.38. The van der Waals surface area contributed by atoms with Gasteiger partial charge in [-0.15, -0.1) is 18.2 Å². The number of para-hydroxylation sites is 1. The summed E-state index contributed by atoms with van der Waals surface area (Å²) in [4.78, 5) is 25.5. The molecule has 2 rings (SSSR count). The fourth-order valence-electron chi connectivity index (χ4n) is 2.08. The van der Waals surface area contributed by atoms with Crippen molar-refractivity contribution in [1.29, 1.82) is 0 Å². The highest BCUT2D eigenvalue weighted by molar-refractivity contribution is 7.99. The molecule has 1 heterocycles. The van der Waals surface area contributed by atoms with Crippen LogP contribution in [-0.2, 0) is 9.59 Å². The fraction of sp³-hybridized carbons (Fsp3) is 0.333. The quantitative estimate of drug-likeness (QED) is 0.487. The molecule has 1 aliphatic rings. The standard InChI is InChI=1S/C15H16N2O2S/c1-2-9-20-10-8-16-13-11-14(18)17(15(13)19)12-6-4-3-5-7-12/h1,3-7,13,16H,8-11H2. The largest absolute Gasteiger partial charge is 0.305 e. The molecule has 1 unspecified atom stereocenters. The first-order valence-corrected chi connectivity index (χ1v) is 7.56. The van der Waals surface area contributed by atoms with E-state index >= 15 is 0 Å². The maximum Gasteiger partial charge on any atom is 0.251 e. The van der Waals surface area contributed by atoms with E-state index in [1.54, 1.807) is 23.9 Å². The van der Waals surface area contributed by atoms with E-state index in [1.807, 2.05) is 18.2 Å². The van der Waals surface area contributed by atoms with Crippen LogP contribution >= 0.6 is 11.8 Å². The SMILES string of the molecule is C#CCSCCNC1CC(=O)N(c2ccccc2)C1=O. The molecule has 0 bridgehead atoms. The zero-order valence-corrected chi connectivity index (χ0v) is 11.9. The summed E-state index contributed by atoms with van der Waals surface area (Å²) < 4.78 is 0. The van der Waals surface area contributed by atoms with Crippen LogP contribution in [0.25, 0.3) is 0 Å². The highest BCUT2D eigenvalue weighted by Crippen LogP contribution is 2.22. The number of thioether (sulfide) groups is 1. The fourth-order valence-corrected chi connectivity index (χ4v) is 2.60. The third kappa shape index (κ3) is 3.41. The number of carbonyl (C=O) groups is 2. The normalized spacial score (nSPS) is 18.4. The summed E-state index contributed by atoms with van der Waals surface area (Å²) in [7, 11) is 0. The van der Waals surface area contributed by atoms with Crippen molar-refractivity contribution in [3.63, 3.8) is 0 Å². The Morgan fingerprint density at radius 3 is 2.80 bits per heavy atom. The number of imide groups is 1. The lowest BCUT2D eigenvalue weighted by molar-refractivity contribution is -0.121. The lowest BCUT2D eigenvalue weighted by atomic mass is 10.2. The first-order chi connectivity index (χ1) is 9.74. The Morgan fingerprint density at radius 2 is 2.10 bits per heavy atom. The summed E-state index contributed by atoms with van der Waals surface area (Å²) in [5.41, 5.74) is 0.633. The van der Waals surface area contributed by atoms with Crippen LogP contribution in [0, 0.1) is 12.3 Å². The van der Waals surface area contributed by atoms with Crippen LogP contribution in [0.4, 0.5) is 5.69 Å². The van der Waals surface area contributed by atoms with Crippen LogP contribution < -0.4 is 10.2 Å². The van der Waals surface area contributed by atoms with E-state index in [1.165, 1.54) is 4.90 Å². The zero-order valence-electron chi connectivity index (χ0n) is 11.0. The summed E-state index contributed by atoms with van der Waals surface area (Å²) in [5.74, 6) is 3.70. The Labute approximate surface area is 122 Å². The van der Waals surface area contributed by atoms with Crippen molar-refractivity contribution in [2.75, 3.05) is 23.0 Å². The first kappa shape index (κ1) is 14.6. The molecular formula is C15H16N2O2S. The van der Waals surface area contributed by atoms with Crippen LogP contribution in [0.3, 0.4) is 0 Å². The number of benzene rings is 1. The lowest BCUT2D eigenvalue weighted by Crippen LogP contribution is -2.39. The van der Waals surface area contributed by atoms with E-state index < -0.39 is 6.04 Å². The zero-order chi connectivity index (χ0) is 14.4. The smallest absolute Gasteiger partial charge is 0.251 e. The number of nitrogens with one attached hydrogen (secondary N) is 1. The third-order valence-electron chi connectivity index (χ3n) is 2.98. The van der Waals surface area contributed by atoms with Crippen molar-refractivity contribution in [1.82, 2.24) is 5.32 Å². The molecule has 0 saturated carbocycles. The number of anilines is 1. The van der Waals surface area contributed by atoms with Gasteiger partial charge in [-0.05, 0) is 12.1 Å². The van der Waals surface area contributed by atoms with Gasteiger partial charge in [-0.25, -0.2) is 4.90 Å². The number of carbonyl (C=O) groups excluding carboxylic acids is 2. The van der Waals surface area contributed by atoms with E-state index in [9.17, 15) is 9.59 Å². The van der Waals surface area contributed by atoms with Crippen LogP contribution in [0.2, 0.25) is 0 Å².